The van der Waals surface area contributed by atoms with Crippen LogP contribution in [0.25, 0.3) is 16.7 Å². The third-order valence-corrected chi connectivity index (χ3v) is 4.62. The van der Waals surface area contributed by atoms with Crippen molar-refractivity contribution in [3.8, 4) is 11.4 Å². The topological polar surface area (TPSA) is 56.1 Å². The van der Waals surface area contributed by atoms with Crippen LogP contribution in [0.4, 0.5) is 5.82 Å². The van der Waals surface area contributed by atoms with E-state index in [1.54, 1.807) is 13.4 Å². The van der Waals surface area contributed by atoms with Gasteiger partial charge >= 0.3 is 0 Å². The van der Waals surface area contributed by atoms with E-state index in [0.29, 0.717) is 0 Å². The van der Waals surface area contributed by atoms with E-state index in [1.165, 1.54) is 5.56 Å². The van der Waals surface area contributed by atoms with Crippen LogP contribution in [-0.2, 0) is 6.42 Å². The Labute approximate surface area is 158 Å². The lowest BCUT2D eigenvalue weighted by atomic mass is 10.1. The van der Waals surface area contributed by atoms with Gasteiger partial charge in [-0.2, -0.15) is 5.10 Å². The maximum Gasteiger partial charge on any atom is 0.168 e. The van der Waals surface area contributed by atoms with Crippen LogP contribution in [0.5, 0.6) is 5.75 Å². The fourth-order valence-corrected chi connectivity index (χ4v) is 3.20. The molecule has 2 aromatic carbocycles. The Kier molecular flexibility index (Phi) is 4.70. The van der Waals surface area contributed by atoms with Crippen molar-refractivity contribution in [2.24, 2.45) is 0 Å². The van der Waals surface area contributed by atoms with Crippen molar-refractivity contribution in [2.45, 2.75) is 6.42 Å². The quantitative estimate of drug-likeness (QED) is 0.527. The number of hydrogen-bond acceptors (Lipinski definition) is 5. The molecule has 27 heavy (non-hydrogen) atoms. The zero-order valence-corrected chi connectivity index (χ0v) is 15.4. The number of rotatable bonds is 6. The summed E-state index contributed by atoms with van der Waals surface area (Å²) in [4.78, 5) is 11.1. The van der Waals surface area contributed by atoms with E-state index in [9.17, 15) is 0 Å². The third kappa shape index (κ3) is 3.33. The molecule has 0 amide bonds. The smallest absolute Gasteiger partial charge is 0.168 e. The molecule has 0 N–H and O–H groups in total. The molecule has 4 rings (SSSR count). The van der Waals surface area contributed by atoms with Crippen molar-refractivity contribution in [2.75, 3.05) is 25.6 Å². The molecule has 6 nitrogen and oxygen atoms in total. The predicted molar refractivity (Wildman–Crippen MR) is 107 cm³/mol. The first-order chi connectivity index (χ1) is 13.3. The Morgan fingerprint density at radius 3 is 2.59 bits per heavy atom. The Bertz CT molecular complexity index is 1040. The molecular weight excluding hydrogens is 338 g/mol. The summed E-state index contributed by atoms with van der Waals surface area (Å²) in [6, 6.07) is 18.1. The molecule has 4 aromatic rings. The lowest BCUT2D eigenvalue weighted by Crippen LogP contribution is -2.22. The van der Waals surface area contributed by atoms with E-state index >= 15 is 0 Å². The van der Waals surface area contributed by atoms with E-state index in [0.717, 1.165) is 41.3 Å². The molecule has 0 bridgehead atoms. The van der Waals surface area contributed by atoms with Gasteiger partial charge in [-0.25, -0.2) is 14.6 Å². The molecular formula is C21H21N5O. The highest BCUT2D eigenvalue weighted by Gasteiger charge is 2.14. The number of aromatic nitrogens is 4. The summed E-state index contributed by atoms with van der Waals surface area (Å²) in [7, 11) is 3.74. The fourth-order valence-electron chi connectivity index (χ4n) is 3.20. The van der Waals surface area contributed by atoms with Gasteiger partial charge in [0.15, 0.2) is 5.65 Å². The zero-order valence-electron chi connectivity index (χ0n) is 15.4. The van der Waals surface area contributed by atoms with Crippen LogP contribution in [0, 0.1) is 0 Å². The monoisotopic (exact) mass is 359 g/mol. The highest BCUT2D eigenvalue weighted by atomic mass is 16.5. The van der Waals surface area contributed by atoms with Gasteiger partial charge in [-0.1, -0.05) is 36.4 Å². The molecule has 0 atom stereocenters. The van der Waals surface area contributed by atoms with Crippen molar-refractivity contribution in [3.63, 3.8) is 0 Å². The minimum absolute atomic E-state index is 0.801. The molecule has 0 aliphatic carbocycles. The SMILES string of the molecule is COc1ccccc1CCN(C)c1ncnc2c1cnn2-c1ccccc1. The molecule has 0 aliphatic rings. The van der Waals surface area contributed by atoms with Gasteiger partial charge in [-0.15, -0.1) is 0 Å². The maximum absolute atomic E-state index is 5.45. The van der Waals surface area contributed by atoms with Gasteiger partial charge in [0.25, 0.3) is 0 Å². The zero-order chi connectivity index (χ0) is 18.6. The highest BCUT2D eigenvalue weighted by Crippen LogP contribution is 2.25. The Balaban J connectivity index is 1.61. The Morgan fingerprint density at radius 2 is 1.78 bits per heavy atom. The normalized spacial score (nSPS) is 10.9. The minimum Gasteiger partial charge on any atom is -0.496 e. The summed E-state index contributed by atoms with van der Waals surface area (Å²) in [5.41, 5.74) is 2.96. The number of anilines is 1. The van der Waals surface area contributed by atoms with Crippen LogP contribution in [0.2, 0.25) is 0 Å². The van der Waals surface area contributed by atoms with E-state index in [2.05, 4.69) is 26.0 Å². The summed E-state index contributed by atoms with van der Waals surface area (Å²) in [5.74, 6) is 1.78. The van der Waals surface area contributed by atoms with Gasteiger partial charge in [0.2, 0.25) is 0 Å². The molecule has 0 aliphatic heterocycles. The third-order valence-electron chi connectivity index (χ3n) is 4.62. The lowest BCUT2D eigenvalue weighted by Gasteiger charge is -2.19. The summed E-state index contributed by atoms with van der Waals surface area (Å²) in [6.07, 6.45) is 4.29. The molecule has 0 fully saturated rings. The van der Waals surface area contributed by atoms with Crippen LogP contribution in [-0.4, -0.2) is 40.5 Å². The molecule has 0 unspecified atom stereocenters. The number of methoxy groups -OCH3 is 1. The van der Waals surface area contributed by atoms with Crippen LogP contribution < -0.4 is 9.64 Å². The molecule has 2 heterocycles. The van der Waals surface area contributed by atoms with E-state index in [-0.39, 0.29) is 0 Å². The van der Waals surface area contributed by atoms with Crippen molar-refractivity contribution in [1.29, 1.82) is 0 Å². The van der Waals surface area contributed by atoms with Crippen molar-refractivity contribution in [3.05, 3.63) is 72.7 Å². The van der Waals surface area contributed by atoms with Crippen molar-refractivity contribution >= 4 is 16.9 Å². The first kappa shape index (κ1) is 17.0. The second kappa shape index (κ2) is 7.45. The summed E-state index contributed by atoms with van der Waals surface area (Å²) in [5, 5.41) is 5.46. The van der Waals surface area contributed by atoms with Gasteiger partial charge in [0, 0.05) is 13.6 Å². The number of hydrogen-bond donors (Lipinski definition) is 0. The number of likely N-dealkylation sites (N-methyl/N-ethyl adjacent to an activating group) is 1. The summed E-state index contributed by atoms with van der Waals surface area (Å²) < 4.78 is 7.29. The van der Waals surface area contributed by atoms with Crippen LogP contribution in [0.3, 0.4) is 0 Å². The van der Waals surface area contributed by atoms with Gasteiger partial charge < -0.3 is 9.64 Å². The lowest BCUT2D eigenvalue weighted by molar-refractivity contribution is 0.409. The number of para-hydroxylation sites is 2. The Morgan fingerprint density at radius 1 is 1.00 bits per heavy atom. The van der Waals surface area contributed by atoms with E-state index in [1.807, 2.05) is 66.5 Å². The molecule has 6 heteroatoms. The van der Waals surface area contributed by atoms with Gasteiger partial charge in [0.1, 0.15) is 17.9 Å². The number of benzene rings is 2. The second-order valence-electron chi connectivity index (χ2n) is 6.31. The number of nitrogens with zero attached hydrogens (tertiary/aromatic N) is 5. The molecule has 0 radical (unpaired) electrons. The number of fused-ring (bicyclic) bond motifs is 1. The highest BCUT2D eigenvalue weighted by molar-refractivity contribution is 5.87. The average molecular weight is 359 g/mol. The predicted octanol–water partition coefficient (Wildman–Crippen LogP) is 3.50. The largest absolute Gasteiger partial charge is 0.496 e. The minimum atomic E-state index is 0.801. The van der Waals surface area contributed by atoms with Crippen molar-refractivity contribution in [1.82, 2.24) is 19.7 Å². The number of ether oxygens (including phenoxy) is 1. The molecule has 0 saturated carbocycles. The van der Waals surface area contributed by atoms with Crippen LogP contribution >= 0.6 is 0 Å². The average Bonchev–Trinajstić information content (AvgIpc) is 3.17. The Hall–Kier alpha value is -3.41. The first-order valence-corrected chi connectivity index (χ1v) is 8.85. The molecule has 2 aromatic heterocycles. The van der Waals surface area contributed by atoms with Gasteiger partial charge in [-0.05, 0) is 30.2 Å². The van der Waals surface area contributed by atoms with Crippen LogP contribution in [0.1, 0.15) is 5.56 Å². The molecule has 136 valence electrons. The van der Waals surface area contributed by atoms with Gasteiger partial charge in [0.05, 0.1) is 24.4 Å². The van der Waals surface area contributed by atoms with Crippen LogP contribution in [0.15, 0.2) is 67.1 Å². The van der Waals surface area contributed by atoms with E-state index in [4.69, 9.17) is 4.74 Å². The summed E-state index contributed by atoms with van der Waals surface area (Å²) >= 11 is 0. The van der Waals surface area contributed by atoms with Crippen molar-refractivity contribution < 1.29 is 4.74 Å². The molecule has 0 saturated heterocycles. The van der Waals surface area contributed by atoms with Gasteiger partial charge in [-0.3, -0.25) is 0 Å². The van der Waals surface area contributed by atoms with E-state index < -0.39 is 0 Å². The first-order valence-electron chi connectivity index (χ1n) is 8.85. The second-order valence-corrected chi connectivity index (χ2v) is 6.31. The fraction of sp³-hybridized carbons (Fsp3) is 0.190. The standard InChI is InChI=1S/C21H21N5O/c1-25(13-12-16-8-6-7-11-19(16)27-2)20-18-14-24-26(21(18)23-15-22-20)17-9-4-3-5-10-17/h3-11,14-15H,12-13H2,1-2H3. The summed E-state index contributed by atoms with van der Waals surface area (Å²) in [6.45, 7) is 0.809. The molecule has 0 spiro atoms. The maximum atomic E-state index is 5.45.